The molecule has 7 nitrogen and oxygen atoms in total. The Balaban J connectivity index is 1.72. The topological polar surface area (TPSA) is 72.5 Å². The molecule has 2 fully saturated rings. The van der Waals surface area contributed by atoms with Gasteiger partial charge in [-0.3, -0.25) is 4.79 Å². The number of carbonyl (C=O) groups is 1. The second-order valence-electron chi connectivity index (χ2n) is 8.92. The number of carbonyl (C=O) groups excluding carboxylic acids is 1. The monoisotopic (exact) mass is 476 g/mol. The highest BCUT2D eigenvalue weighted by atomic mass is 16.7. The van der Waals surface area contributed by atoms with Crippen LogP contribution in [-0.2, 0) is 28.5 Å². The lowest BCUT2D eigenvalue weighted by molar-refractivity contribution is -0.227. The van der Waals surface area contributed by atoms with Crippen LogP contribution < -0.4 is 4.74 Å². The predicted molar refractivity (Wildman–Crippen MR) is 128 cm³/mol. The summed E-state index contributed by atoms with van der Waals surface area (Å²) >= 11 is 0. The van der Waals surface area contributed by atoms with E-state index >= 15 is 0 Å². The number of hydrogen-bond acceptors (Lipinski definition) is 7. The smallest absolute Gasteiger partial charge is 0.305 e. The van der Waals surface area contributed by atoms with Crippen molar-refractivity contribution < 1.29 is 33.2 Å². The molecular weight excluding hydrogens is 436 g/mol. The van der Waals surface area contributed by atoms with E-state index in [-0.39, 0.29) is 36.3 Å². The maximum Gasteiger partial charge on any atom is 0.305 e. The van der Waals surface area contributed by atoms with Gasteiger partial charge in [-0.15, -0.1) is 0 Å². The van der Waals surface area contributed by atoms with Crippen LogP contribution in [0.15, 0.2) is 42.5 Å². The molecule has 3 rings (SSSR count). The minimum atomic E-state index is -0.397. The molecule has 5 atom stereocenters. The Bertz CT molecular complexity index is 728. The summed E-state index contributed by atoms with van der Waals surface area (Å²) in [4.78, 5) is 11.3. The summed E-state index contributed by atoms with van der Waals surface area (Å²) in [5.41, 5.74) is 0. The molecule has 1 aliphatic heterocycles. The molecule has 1 saturated heterocycles. The molecule has 7 heteroatoms. The zero-order valence-corrected chi connectivity index (χ0v) is 20.7. The number of ether oxygens (including phenoxy) is 6. The van der Waals surface area contributed by atoms with Crippen molar-refractivity contribution in [2.45, 2.75) is 76.2 Å². The summed E-state index contributed by atoms with van der Waals surface area (Å²) in [6, 6.07) is 9.93. The quantitative estimate of drug-likeness (QED) is 0.228. The van der Waals surface area contributed by atoms with Gasteiger partial charge in [0, 0.05) is 45.5 Å². The van der Waals surface area contributed by atoms with Crippen molar-refractivity contribution in [3.8, 4) is 5.75 Å². The van der Waals surface area contributed by atoms with Gasteiger partial charge in [0.05, 0.1) is 13.2 Å². The fraction of sp³-hybridized carbons (Fsp3) is 0.667. The van der Waals surface area contributed by atoms with E-state index in [1.807, 2.05) is 36.4 Å². The largest absolute Gasteiger partial charge is 0.490 e. The number of rotatable bonds is 13. The van der Waals surface area contributed by atoms with Crippen LogP contribution in [0.4, 0.5) is 0 Å². The van der Waals surface area contributed by atoms with E-state index in [0.29, 0.717) is 12.8 Å². The third-order valence-electron chi connectivity index (χ3n) is 6.72. The van der Waals surface area contributed by atoms with Crippen LogP contribution in [0, 0.1) is 11.8 Å². The number of benzene rings is 1. The van der Waals surface area contributed by atoms with E-state index in [9.17, 15) is 4.79 Å². The van der Waals surface area contributed by atoms with Crippen LogP contribution in [0.2, 0.25) is 0 Å². The van der Waals surface area contributed by atoms with Gasteiger partial charge in [0.15, 0.2) is 12.6 Å². The molecule has 0 radical (unpaired) electrons. The molecule has 1 aliphatic carbocycles. The highest BCUT2D eigenvalue weighted by Gasteiger charge is 2.50. The first-order valence-electron chi connectivity index (χ1n) is 12.4. The van der Waals surface area contributed by atoms with E-state index in [2.05, 4.69) is 6.08 Å². The van der Waals surface area contributed by atoms with E-state index in [1.54, 1.807) is 14.2 Å². The van der Waals surface area contributed by atoms with E-state index in [1.165, 1.54) is 7.11 Å². The highest BCUT2D eigenvalue weighted by molar-refractivity contribution is 5.69. The van der Waals surface area contributed by atoms with Gasteiger partial charge in [0.2, 0.25) is 0 Å². The molecule has 0 bridgehead atoms. The maximum atomic E-state index is 11.3. The lowest BCUT2D eigenvalue weighted by Crippen LogP contribution is -2.39. The second-order valence-corrected chi connectivity index (χ2v) is 8.92. The molecule has 2 aliphatic rings. The fourth-order valence-corrected chi connectivity index (χ4v) is 5.05. The Morgan fingerprint density at radius 1 is 1.06 bits per heavy atom. The molecule has 190 valence electrons. The lowest BCUT2D eigenvalue weighted by atomic mass is 9.88. The van der Waals surface area contributed by atoms with Gasteiger partial charge in [-0.2, -0.15) is 0 Å². The molecule has 1 aromatic carbocycles. The number of esters is 1. The SMILES string of the molecule is COC(=O)CCC=CCC[C@@H]1[C@@H](C(OC)OC)[C@H](OC2CCCCO2)C[C@H]1Oc1ccccc1. The zero-order chi connectivity index (χ0) is 24.2. The Hall–Kier alpha value is -1.93. The van der Waals surface area contributed by atoms with Gasteiger partial charge in [-0.05, 0) is 50.7 Å². The van der Waals surface area contributed by atoms with E-state index in [0.717, 1.165) is 50.9 Å². The molecule has 34 heavy (non-hydrogen) atoms. The first-order chi connectivity index (χ1) is 16.7. The van der Waals surface area contributed by atoms with Crippen molar-refractivity contribution in [2.24, 2.45) is 11.8 Å². The van der Waals surface area contributed by atoms with Gasteiger partial charge in [0.25, 0.3) is 0 Å². The molecule has 0 aromatic heterocycles. The normalized spacial score (nSPS) is 27.4. The maximum absolute atomic E-state index is 11.3. The number of para-hydroxylation sites is 1. The van der Waals surface area contributed by atoms with Crippen LogP contribution in [0.1, 0.15) is 51.4 Å². The van der Waals surface area contributed by atoms with Crippen molar-refractivity contribution in [1.29, 1.82) is 0 Å². The van der Waals surface area contributed by atoms with Crippen LogP contribution in [0.5, 0.6) is 5.75 Å². The third kappa shape index (κ3) is 7.80. The van der Waals surface area contributed by atoms with Crippen molar-refractivity contribution in [1.82, 2.24) is 0 Å². The predicted octanol–water partition coefficient (Wildman–Crippen LogP) is 4.89. The Morgan fingerprint density at radius 2 is 1.82 bits per heavy atom. The summed E-state index contributed by atoms with van der Waals surface area (Å²) in [6.07, 6.45) is 10.2. The van der Waals surface area contributed by atoms with Gasteiger partial charge in [0.1, 0.15) is 11.9 Å². The van der Waals surface area contributed by atoms with Crippen molar-refractivity contribution in [2.75, 3.05) is 27.9 Å². The number of methoxy groups -OCH3 is 3. The fourth-order valence-electron chi connectivity index (χ4n) is 5.05. The average Bonchev–Trinajstić information content (AvgIpc) is 3.19. The summed E-state index contributed by atoms with van der Waals surface area (Å²) in [5, 5.41) is 0. The number of hydrogen-bond donors (Lipinski definition) is 0. The van der Waals surface area contributed by atoms with Crippen LogP contribution >= 0.6 is 0 Å². The molecular formula is C27H40O7. The Kier molecular flexibility index (Phi) is 11.3. The van der Waals surface area contributed by atoms with Crippen LogP contribution in [0.3, 0.4) is 0 Å². The molecule has 1 unspecified atom stereocenters. The van der Waals surface area contributed by atoms with Gasteiger partial charge >= 0.3 is 5.97 Å². The highest BCUT2D eigenvalue weighted by Crippen LogP contribution is 2.43. The minimum absolute atomic E-state index is 0.0118. The molecule has 0 spiro atoms. The summed E-state index contributed by atoms with van der Waals surface area (Å²) in [6.45, 7) is 0.740. The molecule has 1 saturated carbocycles. The average molecular weight is 477 g/mol. The van der Waals surface area contributed by atoms with Crippen molar-refractivity contribution in [3.63, 3.8) is 0 Å². The molecule has 0 N–H and O–H groups in total. The molecule has 0 amide bonds. The summed E-state index contributed by atoms with van der Waals surface area (Å²) in [7, 11) is 4.77. The van der Waals surface area contributed by atoms with Gasteiger partial charge in [-0.1, -0.05) is 30.4 Å². The van der Waals surface area contributed by atoms with E-state index < -0.39 is 6.29 Å². The van der Waals surface area contributed by atoms with Crippen molar-refractivity contribution in [3.05, 3.63) is 42.5 Å². The van der Waals surface area contributed by atoms with Crippen molar-refractivity contribution >= 4 is 5.97 Å². The number of allylic oxidation sites excluding steroid dienone is 2. The summed E-state index contributed by atoms with van der Waals surface area (Å²) < 4.78 is 35.1. The molecule has 1 heterocycles. The Morgan fingerprint density at radius 3 is 2.50 bits per heavy atom. The minimum Gasteiger partial charge on any atom is -0.490 e. The van der Waals surface area contributed by atoms with Crippen LogP contribution in [-0.4, -0.2) is 58.7 Å². The summed E-state index contributed by atoms with van der Waals surface area (Å²) in [5.74, 6) is 0.845. The first kappa shape index (κ1) is 26.7. The van der Waals surface area contributed by atoms with E-state index in [4.69, 9.17) is 28.4 Å². The standard InChI is InChI=1S/C27H40O7/c1-29-24(28)16-10-5-4-9-15-21-22(33-20-13-7-6-8-14-20)19-23(26(21)27(30-2)31-3)34-25-17-11-12-18-32-25/h4-8,13-14,21-23,25-27H,9-12,15-19H2,1-3H3/t21-,22+,23+,25?,26+/m0/s1. The van der Waals surface area contributed by atoms with Gasteiger partial charge < -0.3 is 28.4 Å². The lowest BCUT2D eigenvalue weighted by Gasteiger charge is -2.33. The second kappa shape index (κ2) is 14.5. The molecule has 1 aromatic rings. The Labute approximate surface area is 203 Å². The zero-order valence-electron chi connectivity index (χ0n) is 20.7. The third-order valence-corrected chi connectivity index (χ3v) is 6.72. The van der Waals surface area contributed by atoms with Crippen LogP contribution in [0.25, 0.3) is 0 Å². The first-order valence-corrected chi connectivity index (χ1v) is 12.4. The van der Waals surface area contributed by atoms with Gasteiger partial charge in [-0.25, -0.2) is 0 Å².